The van der Waals surface area contributed by atoms with Gasteiger partial charge in [-0.25, -0.2) is 0 Å². The Morgan fingerprint density at radius 2 is 1.17 bits per heavy atom. The predicted molar refractivity (Wildman–Crippen MR) is 251 cm³/mol. The average molecular weight is 779 g/mol. The topological polar surface area (TPSA) is 25.1 Å². The van der Waals surface area contributed by atoms with E-state index in [4.69, 9.17) is 0 Å². The lowest BCUT2D eigenvalue weighted by molar-refractivity contribution is 0.140. The van der Waals surface area contributed by atoms with Crippen molar-refractivity contribution in [3.8, 4) is 16.8 Å². The summed E-state index contributed by atoms with van der Waals surface area (Å²) in [7, 11) is 2.28. The fourth-order valence-corrected chi connectivity index (χ4v) is 10.9. The summed E-state index contributed by atoms with van der Waals surface area (Å²) in [6, 6.07) is 58.3. The van der Waals surface area contributed by atoms with Crippen molar-refractivity contribution >= 4 is 80.8 Å². The standard InChI is InChI=1S/C54H42N4S/c1-34-20-22-35(23-21-34)49-33-46(38-26-29-45-44-16-8-11-19-52(44)59-53(45)32-38)55-54(56(49)2)58-48-18-10-7-15-41(48)43-28-25-37(31-51(43)58)36-24-27-42-40-14-6-9-17-47(40)57(50(42)30-36)39-12-4-3-5-13-39/h3-20,22-34,49,54-55H,21H2,1-2H3. The number of hydrogen-bond donors (Lipinski definition) is 1. The second kappa shape index (κ2) is 13.5. The molecule has 0 fully saturated rings. The van der Waals surface area contributed by atoms with Gasteiger partial charge >= 0.3 is 0 Å². The molecule has 1 aliphatic carbocycles. The van der Waals surface area contributed by atoms with Gasteiger partial charge in [0.2, 0.25) is 0 Å². The molecule has 59 heavy (non-hydrogen) atoms. The van der Waals surface area contributed by atoms with Crippen LogP contribution in [0.25, 0.3) is 86.3 Å². The van der Waals surface area contributed by atoms with E-state index in [0.717, 1.165) is 12.1 Å². The quantitative estimate of drug-likeness (QED) is 0.188. The molecule has 2 aliphatic rings. The minimum absolute atomic E-state index is 0.0832. The molecule has 0 saturated heterocycles. The molecule has 0 radical (unpaired) electrons. The van der Waals surface area contributed by atoms with E-state index in [1.54, 1.807) is 0 Å². The molecule has 4 nitrogen and oxygen atoms in total. The van der Waals surface area contributed by atoms with Crippen LogP contribution in [-0.4, -0.2) is 27.1 Å². The fraction of sp³-hybridized carbons (Fsp3) is 0.111. The van der Waals surface area contributed by atoms with Crippen molar-refractivity contribution in [2.24, 2.45) is 5.92 Å². The van der Waals surface area contributed by atoms with Gasteiger partial charge in [-0.1, -0.05) is 134 Å². The zero-order chi connectivity index (χ0) is 39.2. The summed E-state index contributed by atoms with van der Waals surface area (Å²) in [5.41, 5.74) is 12.1. The molecule has 0 saturated carbocycles. The number of thiophene rings is 1. The molecule has 0 bridgehead atoms. The maximum absolute atomic E-state index is 4.11. The molecule has 0 spiro atoms. The molecule has 10 aromatic rings. The van der Waals surface area contributed by atoms with Gasteiger partial charge in [-0.2, -0.15) is 0 Å². The van der Waals surface area contributed by atoms with Gasteiger partial charge in [0.25, 0.3) is 0 Å². The van der Waals surface area contributed by atoms with Crippen molar-refractivity contribution in [1.82, 2.24) is 19.4 Å². The molecular formula is C54H42N4S. The highest BCUT2D eigenvalue weighted by molar-refractivity contribution is 7.25. The van der Waals surface area contributed by atoms with Crippen LogP contribution >= 0.6 is 11.3 Å². The predicted octanol–water partition coefficient (Wildman–Crippen LogP) is 13.8. The number of rotatable bonds is 5. The average Bonchev–Trinajstić information content (AvgIpc) is 3.94. The third-order valence-corrected chi connectivity index (χ3v) is 13.9. The van der Waals surface area contributed by atoms with Gasteiger partial charge in [-0.05, 0) is 96.3 Å². The van der Waals surface area contributed by atoms with Crippen LogP contribution in [0, 0.1) is 5.92 Å². The first-order chi connectivity index (χ1) is 29.1. The first-order valence-electron chi connectivity index (χ1n) is 20.7. The van der Waals surface area contributed by atoms with Crippen molar-refractivity contribution in [1.29, 1.82) is 0 Å². The maximum Gasteiger partial charge on any atom is 0.162 e. The summed E-state index contributed by atoms with van der Waals surface area (Å²) >= 11 is 1.88. The largest absolute Gasteiger partial charge is 0.352 e. The lowest BCUT2D eigenvalue weighted by Crippen LogP contribution is -2.48. The van der Waals surface area contributed by atoms with E-state index in [9.17, 15) is 0 Å². The molecule has 284 valence electrons. The molecule has 1 aliphatic heterocycles. The number of benzene rings is 7. The number of allylic oxidation sites excluding steroid dienone is 2. The monoisotopic (exact) mass is 778 g/mol. The highest BCUT2D eigenvalue weighted by Crippen LogP contribution is 2.42. The second-order valence-electron chi connectivity index (χ2n) is 16.3. The van der Waals surface area contributed by atoms with E-state index >= 15 is 0 Å². The number of fused-ring (bicyclic) bond motifs is 9. The second-order valence-corrected chi connectivity index (χ2v) is 17.4. The van der Waals surface area contributed by atoms with E-state index < -0.39 is 0 Å². The molecule has 1 N–H and O–H groups in total. The minimum Gasteiger partial charge on any atom is -0.352 e. The van der Waals surface area contributed by atoms with Gasteiger partial charge < -0.3 is 14.5 Å². The van der Waals surface area contributed by atoms with Gasteiger partial charge in [-0.15, -0.1) is 11.3 Å². The molecule has 3 unspecified atom stereocenters. The number of aromatic nitrogens is 2. The first-order valence-corrected chi connectivity index (χ1v) is 21.5. The highest BCUT2D eigenvalue weighted by Gasteiger charge is 2.33. The number of nitrogens with one attached hydrogen (secondary N) is 1. The van der Waals surface area contributed by atoms with Gasteiger partial charge in [0.05, 0.1) is 28.1 Å². The first kappa shape index (κ1) is 34.4. The summed E-state index contributed by atoms with van der Waals surface area (Å²) in [4.78, 5) is 2.51. The van der Waals surface area contributed by atoms with E-state index in [2.05, 4.69) is 215 Å². The Bertz CT molecular complexity index is 3390. The molecule has 7 aromatic carbocycles. The van der Waals surface area contributed by atoms with Crippen LogP contribution in [0.4, 0.5) is 0 Å². The summed E-state index contributed by atoms with van der Waals surface area (Å²) in [5.74, 6) is 0.546. The van der Waals surface area contributed by atoms with Crippen LogP contribution in [0.1, 0.15) is 25.2 Å². The van der Waals surface area contributed by atoms with Crippen LogP contribution in [0.5, 0.6) is 0 Å². The number of para-hydroxylation sites is 3. The molecule has 5 heteroatoms. The van der Waals surface area contributed by atoms with Crippen LogP contribution in [0.2, 0.25) is 0 Å². The zero-order valence-corrected chi connectivity index (χ0v) is 33.8. The molecular weight excluding hydrogens is 737 g/mol. The Labute approximate surface area is 347 Å². The molecule has 3 atom stereocenters. The van der Waals surface area contributed by atoms with Crippen molar-refractivity contribution in [3.63, 3.8) is 0 Å². The third kappa shape index (κ3) is 5.46. The normalized spacial score (nSPS) is 18.6. The molecule has 12 rings (SSSR count). The van der Waals surface area contributed by atoms with E-state index in [1.807, 2.05) is 11.3 Å². The van der Waals surface area contributed by atoms with Gasteiger partial charge in [0, 0.05) is 53.1 Å². The van der Waals surface area contributed by atoms with E-state index in [0.29, 0.717) is 5.92 Å². The Morgan fingerprint density at radius 1 is 0.559 bits per heavy atom. The van der Waals surface area contributed by atoms with E-state index in [1.165, 1.54) is 91.7 Å². The van der Waals surface area contributed by atoms with Crippen LogP contribution in [-0.2, 0) is 0 Å². The summed E-state index contributed by atoms with van der Waals surface area (Å²) in [5, 5.41) is 11.8. The number of hydrogen-bond acceptors (Lipinski definition) is 3. The molecule has 4 heterocycles. The number of nitrogens with zero attached hydrogens (tertiary/aromatic N) is 3. The van der Waals surface area contributed by atoms with Gasteiger partial charge in [0.1, 0.15) is 0 Å². The summed E-state index contributed by atoms with van der Waals surface area (Å²) in [6.45, 7) is 2.30. The maximum atomic E-state index is 4.11. The number of likely N-dealkylation sites (N-methyl/N-ethyl adjacent to an activating group) is 1. The van der Waals surface area contributed by atoms with E-state index in [-0.39, 0.29) is 12.3 Å². The Balaban J connectivity index is 1.03. The van der Waals surface area contributed by atoms with Crippen molar-refractivity contribution in [2.75, 3.05) is 7.05 Å². The smallest absolute Gasteiger partial charge is 0.162 e. The van der Waals surface area contributed by atoms with Crippen molar-refractivity contribution in [3.05, 3.63) is 193 Å². The third-order valence-electron chi connectivity index (χ3n) is 12.8. The lowest BCUT2D eigenvalue weighted by atomic mass is 9.92. The summed E-state index contributed by atoms with van der Waals surface area (Å²) < 4.78 is 7.59. The highest BCUT2D eigenvalue weighted by atomic mass is 32.1. The molecule has 0 amide bonds. The van der Waals surface area contributed by atoms with Gasteiger partial charge in [-0.3, -0.25) is 4.90 Å². The SMILES string of the molecule is CC1C=CC(C2C=C(c3ccc4c(c3)sc3ccccc34)NC(n3c4ccccc4c4ccc(-c5ccc6c7ccccc7n(-c7ccccc7)c6c5)cc43)N2C)=CC1. The van der Waals surface area contributed by atoms with Crippen LogP contribution < -0.4 is 5.32 Å². The zero-order valence-electron chi connectivity index (χ0n) is 33.0. The van der Waals surface area contributed by atoms with Gasteiger partial charge in [0.15, 0.2) is 6.29 Å². The lowest BCUT2D eigenvalue weighted by Gasteiger charge is -2.42. The molecule has 3 aromatic heterocycles. The van der Waals surface area contributed by atoms with Crippen LogP contribution in [0.3, 0.4) is 0 Å². The Kier molecular flexibility index (Phi) is 7.84. The Morgan fingerprint density at radius 3 is 1.95 bits per heavy atom. The van der Waals surface area contributed by atoms with Crippen LogP contribution in [0.15, 0.2) is 188 Å². The van der Waals surface area contributed by atoms with Crippen molar-refractivity contribution < 1.29 is 0 Å². The summed E-state index contributed by atoms with van der Waals surface area (Å²) in [6.07, 6.45) is 10.5. The fourth-order valence-electron chi connectivity index (χ4n) is 9.78. The minimum atomic E-state index is -0.160. The van der Waals surface area contributed by atoms with Crippen molar-refractivity contribution in [2.45, 2.75) is 25.7 Å². The Hall–Kier alpha value is -6.66.